The van der Waals surface area contributed by atoms with Crippen LogP contribution in [0.1, 0.15) is 10.4 Å². The summed E-state index contributed by atoms with van der Waals surface area (Å²) in [7, 11) is 0. The first-order valence-electron chi connectivity index (χ1n) is 7.52. The predicted molar refractivity (Wildman–Crippen MR) is 97.9 cm³/mol. The molecule has 1 heterocycles. The fraction of sp³-hybridized carbons (Fsp3) is 0.0556. The maximum absolute atomic E-state index is 12.1. The molecule has 0 unspecified atom stereocenters. The lowest BCUT2D eigenvalue weighted by atomic mass is 10.2. The van der Waals surface area contributed by atoms with Gasteiger partial charge in [-0.25, -0.2) is 4.98 Å². The summed E-state index contributed by atoms with van der Waals surface area (Å²) in [6, 6.07) is 19.9. The number of hydrazine groups is 1. The molecule has 3 rings (SSSR count). The van der Waals surface area contributed by atoms with Crippen LogP contribution in [0.3, 0.4) is 0 Å². The van der Waals surface area contributed by atoms with Gasteiger partial charge in [0.05, 0.1) is 0 Å². The number of benzene rings is 2. The first-order valence-corrected chi connectivity index (χ1v) is 8.74. The molecular weight excluding hydrogens is 336 g/mol. The van der Waals surface area contributed by atoms with Crippen LogP contribution in [0.25, 0.3) is 0 Å². The summed E-state index contributed by atoms with van der Waals surface area (Å²) >= 11 is 1.38. The number of para-hydroxylation sites is 1. The van der Waals surface area contributed by atoms with Crippen molar-refractivity contribution in [3.8, 4) is 11.6 Å². The molecule has 0 saturated heterocycles. The van der Waals surface area contributed by atoms with E-state index in [0.29, 0.717) is 28.2 Å². The van der Waals surface area contributed by atoms with Crippen molar-refractivity contribution in [1.82, 2.24) is 15.4 Å². The topological polar surface area (TPSA) is 76.1 Å². The number of anilines is 1. The first-order chi connectivity index (χ1) is 12.2. The smallest absolute Gasteiger partial charge is 0.269 e. The maximum Gasteiger partial charge on any atom is 0.269 e. The second-order valence-corrected chi connectivity index (χ2v) is 5.71. The molecule has 7 heteroatoms. The molecular formula is C18H16N4O2S. The highest BCUT2D eigenvalue weighted by Gasteiger charge is 2.08. The van der Waals surface area contributed by atoms with E-state index < -0.39 is 0 Å². The average Bonchev–Trinajstić information content (AvgIpc) is 2.67. The zero-order chi connectivity index (χ0) is 17.5. The van der Waals surface area contributed by atoms with Crippen LogP contribution in [-0.2, 0) is 0 Å². The van der Waals surface area contributed by atoms with Gasteiger partial charge in [0.2, 0.25) is 5.88 Å². The van der Waals surface area contributed by atoms with Gasteiger partial charge < -0.3 is 4.74 Å². The van der Waals surface area contributed by atoms with Crippen molar-refractivity contribution in [1.29, 1.82) is 0 Å². The third kappa shape index (κ3) is 4.71. The van der Waals surface area contributed by atoms with Gasteiger partial charge in [-0.2, -0.15) is 4.98 Å². The fourth-order valence-electron chi connectivity index (χ4n) is 2.00. The number of rotatable bonds is 6. The number of carbonyl (C=O) groups is 1. The zero-order valence-electron chi connectivity index (χ0n) is 13.5. The Hall–Kier alpha value is -3.06. The first kappa shape index (κ1) is 16.8. The van der Waals surface area contributed by atoms with Gasteiger partial charge in [-0.1, -0.05) is 48.2 Å². The molecule has 2 N–H and O–H groups in total. The fourth-order valence-corrected chi connectivity index (χ4v) is 2.37. The van der Waals surface area contributed by atoms with Crippen LogP contribution in [0, 0.1) is 0 Å². The molecule has 2 aromatic carbocycles. The Morgan fingerprint density at radius 3 is 2.36 bits per heavy atom. The summed E-state index contributed by atoms with van der Waals surface area (Å²) in [5.41, 5.74) is 5.96. The molecule has 1 aromatic heterocycles. The Kier molecular flexibility index (Phi) is 5.48. The number of thioether (sulfide) groups is 1. The van der Waals surface area contributed by atoms with Crippen molar-refractivity contribution in [2.24, 2.45) is 0 Å². The van der Waals surface area contributed by atoms with E-state index in [1.165, 1.54) is 11.8 Å². The van der Waals surface area contributed by atoms with Crippen molar-refractivity contribution in [2.45, 2.75) is 5.16 Å². The molecule has 0 aliphatic heterocycles. The minimum atomic E-state index is -0.254. The van der Waals surface area contributed by atoms with Gasteiger partial charge in [0, 0.05) is 11.6 Å². The number of ether oxygens (including phenoxy) is 1. The van der Waals surface area contributed by atoms with Crippen LogP contribution in [0.4, 0.5) is 5.82 Å². The van der Waals surface area contributed by atoms with E-state index in [2.05, 4.69) is 20.8 Å². The Morgan fingerprint density at radius 2 is 1.68 bits per heavy atom. The summed E-state index contributed by atoms with van der Waals surface area (Å²) in [6.07, 6.45) is 1.87. The predicted octanol–water partition coefficient (Wildman–Crippen LogP) is 3.75. The van der Waals surface area contributed by atoms with Gasteiger partial charge in [0.25, 0.3) is 5.91 Å². The summed E-state index contributed by atoms with van der Waals surface area (Å²) in [5, 5.41) is 0.532. The highest BCUT2D eigenvalue weighted by atomic mass is 32.2. The molecule has 25 heavy (non-hydrogen) atoms. The van der Waals surface area contributed by atoms with Crippen LogP contribution in [-0.4, -0.2) is 22.1 Å². The SMILES string of the molecule is CSc1nc(NNC(=O)c2ccccc2)cc(Oc2ccccc2)n1. The maximum atomic E-state index is 12.1. The lowest BCUT2D eigenvalue weighted by molar-refractivity contribution is 0.0962. The van der Waals surface area contributed by atoms with Crippen LogP contribution >= 0.6 is 11.8 Å². The minimum absolute atomic E-state index is 0.254. The van der Waals surface area contributed by atoms with Gasteiger partial charge in [0.1, 0.15) is 5.75 Å². The molecule has 1 amide bonds. The summed E-state index contributed by atoms with van der Waals surface area (Å²) in [6.45, 7) is 0. The Labute approximate surface area is 149 Å². The summed E-state index contributed by atoms with van der Waals surface area (Å²) in [4.78, 5) is 20.7. The summed E-state index contributed by atoms with van der Waals surface area (Å²) in [5.74, 6) is 1.25. The summed E-state index contributed by atoms with van der Waals surface area (Å²) < 4.78 is 5.74. The van der Waals surface area contributed by atoms with Crippen molar-refractivity contribution < 1.29 is 9.53 Å². The molecule has 0 aliphatic carbocycles. The van der Waals surface area contributed by atoms with Crippen molar-refractivity contribution in [2.75, 3.05) is 11.7 Å². The molecule has 0 fully saturated rings. The van der Waals surface area contributed by atoms with E-state index in [4.69, 9.17) is 4.74 Å². The molecule has 3 aromatic rings. The standard InChI is InChI=1S/C18H16N4O2S/c1-25-18-19-15(21-22-17(23)13-8-4-2-5-9-13)12-16(20-18)24-14-10-6-3-7-11-14/h2-12H,1H3,(H,22,23)(H,19,20,21). The second kappa shape index (κ2) is 8.16. The van der Waals surface area contributed by atoms with Crippen LogP contribution in [0.2, 0.25) is 0 Å². The van der Waals surface area contributed by atoms with E-state index >= 15 is 0 Å². The van der Waals surface area contributed by atoms with Gasteiger partial charge >= 0.3 is 0 Å². The van der Waals surface area contributed by atoms with E-state index in [0.717, 1.165) is 0 Å². The van der Waals surface area contributed by atoms with E-state index in [9.17, 15) is 4.79 Å². The molecule has 0 saturated carbocycles. The Balaban J connectivity index is 1.72. The second-order valence-electron chi connectivity index (χ2n) is 4.94. The molecule has 0 aliphatic rings. The van der Waals surface area contributed by atoms with Gasteiger partial charge in [0.15, 0.2) is 11.0 Å². The van der Waals surface area contributed by atoms with Gasteiger partial charge in [-0.15, -0.1) is 0 Å². The van der Waals surface area contributed by atoms with Crippen molar-refractivity contribution in [3.05, 3.63) is 72.3 Å². The Morgan fingerprint density at radius 1 is 1.00 bits per heavy atom. The monoisotopic (exact) mass is 352 g/mol. The Bertz CT molecular complexity index is 844. The average molecular weight is 352 g/mol. The van der Waals surface area contributed by atoms with Crippen LogP contribution in [0.5, 0.6) is 11.6 Å². The van der Waals surface area contributed by atoms with Gasteiger partial charge in [-0.05, 0) is 30.5 Å². The lowest BCUT2D eigenvalue weighted by Crippen LogP contribution is -2.29. The highest BCUT2D eigenvalue weighted by molar-refractivity contribution is 7.98. The van der Waals surface area contributed by atoms with Crippen molar-refractivity contribution >= 4 is 23.5 Å². The van der Waals surface area contributed by atoms with Crippen LogP contribution in [0.15, 0.2) is 71.9 Å². The minimum Gasteiger partial charge on any atom is -0.439 e. The highest BCUT2D eigenvalue weighted by Crippen LogP contribution is 2.23. The number of aromatic nitrogens is 2. The lowest BCUT2D eigenvalue weighted by Gasteiger charge is -2.11. The number of hydrogen-bond donors (Lipinski definition) is 2. The molecule has 126 valence electrons. The number of amides is 1. The van der Waals surface area contributed by atoms with Gasteiger partial charge in [-0.3, -0.25) is 15.6 Å². The third-order valence-corrected chi connectivity index (χ3v) is 3.72. The number of hydrogen-bond acceptors (Lipinski definition) is 6. The molecule has 0 radical (unpaired) electrons. The van der Waals surface area contributed by atoms with E-state index in [1.54, 1.807) is 30.3 Å². The number of nitrogens with one attached hydrogen (secondary N) is 2. The largest absolute Gasteiger partial charge is 0.439 e. The van der Waals surface area contributed by atoms with E-state index in [1.807, 2.05) is 42.7 Å². The molecule has 6 nitrogen and oxygen atoms in total. The third-order valence-electron chi connectivity index (χ3n) is 3.17. The molecule has 0 spiro atoms. The number of carbonyl (C=O) groups excluding carboxylic acids is 1. The molecule has 0 atom stereocenters. The zero-order valence-corrected chi connectivity index (χ0v) is 14.3. The molecule has 0 bridgehead atoms. The van der Waals surface area contributed by atoms with E-state index in [-0.39, 0.29) is 5.91 Å². The number of nitrogens with zero attached hydrogens (tertiary/aromatic N) is 2. The van der Waals surface area contributed by atoms with Crippen LogP contribution < -0.4 is 15.6 Å². The quantitative estimate of drug-likeness (QED) is 0.400. The van der Waals surface area contributed by atoms with Crippen molar-refractivity contribution in [3.63, 3.8) is 0 Å². The normalized spacial score (nSPS) is 10.1.